The molecule has 1 aromatic heterocycles. The Balaban J connectivity index is 2.14. The Labute approximate surface area is 143 Å². The van der Waals surface area contributed by atoms with Gasteiger partial charge in [0.15, 0.2) is 5.78 Å². The highest BCUT2D eigenvalue weighted by Gasteiger charge is 2.14. The number of ketones is 1. The molecule has 0 N–H and O–H groups in total. The number of carbonyl (C=O) groups excluding carboxylic acids is 1. The summed E-state index contributed by atoms with van der Waals surface area (Å²) in [5.41, 5.74) is 2.09. The number of hydrogen-bond acceptors (Lipinski definition) is 4. The van der Waals surface area contributed by atoms with Gasteiger partial charge in [-0.15, -0.1) is 0 Å². The molecule has 0 saturated heterocycles. The van der Waals surface area contributed by atoms with E-state index in [4.69, 9.17) is 20.8 Å². The first-order valence-corrected chi connectivity index (χ1v) is 7.79. The average molecular weight is 343 g/mol. The van der Waals surface area contributed by atoms with Crippen LogP contribution < -0.4 is 10.4 Å². The fraction of sp³-hybridized carbons (Fsp3) is 0.158. The van der Waals surface area contributed by atoms with E-state index in [2.05, 4.69) is 0 Å². The first-order chi connectivity index (χ1) is 11.5. The second-order valence-electron chi connectivity index (χ2n) is 5.55. The normalized spacial score (nSPS) is 10.8. The predicted molar refractivity (Wildman–Crippen MR) is 93.8 cm³/mol. The average Bonchev–Trinajstić information content (AvgIpc) is 2.55. The van der Waals surface area contributed by atoms with Crippen molar-refractivity contribution in [1.29, 1.82) is 0 Å². The van der Waals surface area contributed by atoms with E-state index < -0.39 is 5.63 Å². The summed E-state index contributed by atoms with van der Waals surface area (Å²) in [6, 6.07) is 12.1. The molecule has 1 heterocycles. The van der Waals surface area contributed by atoms with Crippen LogP contribution in [0.3, 0.4) is 0 Å². The molecule has 122 valence electrons. The summed E-state index contributed by atoms with van der Waals surface area (Å²) >= 11 is 5.91. The van der Waals surface area contributed by atoms with E-state index >= 15 is 0 Å². The van der Waals surface area contributed by atoms with E-state index in [-0.39, 0.29) is 12.4 Å². The van der Waals surface area contributed by atoms with E-state index in [9.17, 15) is 9.59 Å². The molecule has 0 spiro atoms. The minimum Gasteiger partial charge on any atom is -0.486 e. The van der Waals surface area contributed by atoms with Crippen molar-refractivity contribution in [2.24, 2.45) is 0 Å². The van der Waals surface area contributed by atoms with Crippen LogP contribution in [0.1, 0.15) is 12.5 Å². The summed E-state index contributed by atoms with van der Waals surface area (Å²) < 4.78 is 10.9. The summed E-state index contributed by atoms with van der Waals surface area (Å²) in [6.07, 6.45) is 0. The Morgan fingerprint density at radius 1 is 1.17 bits per heavy atom. The van der Waals surface area contributed by atoms with Crippen LogP contribution in [-0.4, -0.2) is 12.4 Å². The number of rotatable bonds is 4. The monoisotopic (exact) mass is 342 g/mol. The second kappa shape index (κ2) is 6.49. The van der Waals surface area contributed by atoms with Crippen LogP contribution in [0, 0.1) is 6.92 Å². The molecule has 4 nitrogen and oxygen atoms in total. The zero-order valence-corrected chi connectivity index (χ0v) is 14.0. The molecule has 3 rings (SSSR count). The molecule has 3 aromatic rings. The van der Waals surface area contributed by atoms with Gasteiger partial charge in [-0.1, -0.05) is 23.7 Å². The van der Waals surface area contributed by atoms with Crippen LogP contribution >= 0.6 is 11.6 Å². The molecule has 0 bridgehead atoms. The molecule has 0 amide bonds. The van der Waals surface area contributed by atoms with Gasteiger partial charge in [0.2, 0.25) is 0 Å². The third kappa shape index (κ3) is 3.19. The van der Waals surface area contributed by atoms with Crippen molar-refractivity contribution >= 4 is 28.4 Å². The molecule has 0 radical (unpaired) electrons. The number of fused-ring (bicyclic) bond motifs is 1. The first kappa shape index (κ1) is 16.3. The van der Waals surface area contributed by atoms with Gasteiger partial charge >= 0.3 is 5.63 Å². The SMILES string of the molecule is CC(=O)COc1ccc2oc(=O)c(-c3ccc(Cl)cc3)c(C)c2c1. The van der Waals surface area contributed by atoms with Gasteiger partial charge in [-0.2, -0.15) is 0 Å². The van der Waals surface area contributed by atoms with Gasteiger partial charge in [0.1, 0.15) is 17.9 Å². The predicted octanol–water partition coefficient (Wildman–Crippen LogP) is 4.39. The molecular formula is C19H15ClO4. The van der Waals surface area contributed by atoms with Crippen molar-refractivity contribution in [1.82, 2.24) is 0 Å². The lowest BCUT2D eigenvalue weighted by molar-refractivity contribution is -0.118. The summed E-state index contributed by atoms with van der Waals surface area (Å²) in [4.78, 5) is 23.4. The van der Waals surface area contributed by atoms with Crippen LogP contribution in [0.2, 0.25) is 5.02 Å². The van der Waals surface area contributed by atoms with Crippen molar-refractivity contribution in [2.45, 2.75) is 13.8 Å². The van der Waals surface area contributed by atoms with Crippen LogP contribution in [-0.2, 0) is 4.79 Å². The minimum absolute atomic E-state index is 0.00534. The molecule has 0 unspecified atom stereocenters. The Morgan fingerprint density at radius 2 is 1.88 bits per heavy atom. The molecule has 0 aliphatic heterocycles. The fourth-order valence-electron chi connectivity index (χ4n) is 2.56. The molecule has 2 aromatic carbocycles. The quantitative estimate of drug-likeness (QED) is 0.660. The maximum Gasteiger partial charge on any atom is 0.344 e. The third-order valence-electron chi connectivity index (χ3n) is 3.71. The lowest BCUT2D eigenvalue weighted by Gasteiger charge is -2.10. The highest BCUT2D eigenvalue weighted by Crippen LogP contribution is 2.29. The minimum atomic E-state index is -0.403. The number of aryl methyl sites for hydroxylation is 1. The van der Waals surface area contributed by atoms with Crippen molar-refractivity contribution in [3.8, 4) is 16.9 Å². The molecule has 0 saturated carbocycles. The molecule has 24 heavy (non-hydrogen) atoms. The summed E-state index contributed by atoms with van der Waals surface area (Å²) in [5, 5.41) is 1.36. The lowest BCUT2D eigenvalue weighted by Crippen LogP contribution is -2.08. The van der Waals surface area contributed by atoms with Crippen molar-refractivity contribution in [3.05, 3.63) is 63.5 Å². The van der Waals surface area contributed by atoms with Gasteiger partial charge in [-0.05, 0) is 55.3 Å². The second-order valence-corrected chi connectivity index (χ2v) is 5.98. The van der Waals surface area contributed by atoms with E-state index in [0.717, 1.165) is 16.5 Å². The molecule has 0 aliphatic carbocycles. The Bertz CT molecular complexity index is 971. The summed E-state index contributed by atoms with van der Waals surface area (Å²) in [7, 11) is 0. The van der Waals surface area contributed by atoms with E-state index in [1.54, 1.807) is 42.5 Å². The topological polar surface area (TPSA) is 56.5 Å². The Morgan fingerprint density at radius 3 is 2.54 bits per heavy atom. The van der Waals surface area contributed by atoms with E-state index in [1.807, 2.05) is 6.92 Å². The van der Waals surface area contributed by atoms with Gasteiger partial charge < -0.3 is 9.15 Å². The van der Waals surface area contributed by atoms with Crippen molar-refractivity contribution in [2.75, 3.05) is 6.61 Å². The first-order valence-electron chi connectivity index (χ1n) is 7.41. The van der Waals surface area contributed by atoms with Crippen LogP contribution in [0.25, 0.3) is 22.1 Å². The largest absolute Gasteiger partial charge is 0.486 e. The zero-order chi connectivity index (χ0) is 17.3. The number of carbonyl (C=O) groups is 1. The maximum atomic E-state index is 12.4. The number of halogens is 1. The Kier molecular flexibility index (Phi) is 4.40. The lowest BCUT2D eigenvalue weighted by atomic mass is 9.99. The summed E-state index contributed by atoms with van der Waals surface area (Å²) in [5.74, 6) is 0.491. The van der Waals surface area contributed by atoms with E-state index in [0.29, 0.717) is 21.9 Å². The van der Waals surface area contributed by atoms with Gasteiger partial charge in [-0.25, -0.2) is 4.79 Å². The molecule has 5 heteroatoms. The highest BCUT2D eigenvalue weighted by molar-refractivity contribution is 6.30. The Hall–Kier alpha value is -2.59. The molecule has 0 fully saturated rings. The number of benzene rings is 2. The molecule has 0 aliphatic rings. The number of ether oxygens (including phenoxy) is 1. The van der Waals surface area contributed by atoms with Gasteiger partial charge in [0.25, 0.3) is 0 Å². The van der Waals surface area contributed by atoms with Crippen molar-refractivity contribution < 1.29 is 13.9 Å². The fourth-order valence-corrected chi connectivity index (χ4v) is 2.68. The molecular weight excluding hydrogens is 328 g/mol. The molecule has 0 atom stereocenters. The number of hydrogen-bond donors (Lipinski definition) is 0. The highest BCUT2D eigenvalue weighted by atomic mass is 35.5. The maximum absolute atomic E-state index is 12.4. The van der Waals surface area contributed by atoms with Gasteiger partial charge in [0, 0.05) is 10.4 Å². The number of Topliss-reactive ketones (excluding diaryl/α,β-unsaturated/α-hetero) is 1. The smallest absolute Gasteiger partial charge is 0.344 e. The van der Waals surface area contributed by atoms with Gasteiger partial charge in [0.05, 0.1) is 5.56 Å². The van der Waals surface area contributed by atoms with Crippen LogP contribution in [0.4, 0.5) is 0 Å². The third-order valence-corrected chi connectivity index (χ3v) is 3.96. The van der Waals surface area contributed by atoms with Crippen LogP contribution in [0.15, 0.2) is 51.7 Å². The summed E-state index contributed by atoms with van der Waals surface area (Å²) in [6.45, 7) is 3.33. The van der Waals surface area contributed by atoms with Gasteiger partial charge in [-0.3, -0.25) is 4.79 Å². The standard InChI is InChI=1S/C19H15ClO4/c1-11(21)10-23-15-7-8-17-16(9-15)12(2)18(19(22)24-17)13-3-5-14(20)6-4-13/h3-9H,10H2,1-2H3. The van der Waals surface area contributed by atoms with Crippen molar-refractivity contribution in [3.63, 3.8) is 0 Å². The zero-order valence-electron chi connectivity index (χ0n) is 13.3. The van der Waals surface area contributed by atoms with Crippen LogP contribution in [0.5, 0.6) is 5.75 Å². The van der Waals surface area contributed by atoms with E-state index in [1.165, 1.54) is 6.92 Å².